The van der Waals surface area contributed by atoms with E-state index >= 15 is 0 Å². The Morgan fingerprint density at radius 1 is 0.833 bits per heavy atom. The fourth-order valence-corrected chi connectivity index (χ4v) is 2.95. The minimum Gasteiger partial charge on any atom is -1.00 e. The smallest absolute Gasteiger partial charge is 1.00 e. The largest absolute Gasteiger partial charge is 4.00 e. The van der Waals surface area contributed by atoms with Gasteiger partial charge in [-0.15, -0.1) is 6.42 Å². The van der Waals surface area contributed by atoms with Crippen molar-refractivity contribution >= 4 is 0 Å². The molecule has 0 N–H and O–H groups in total. The van der Waals surface area contributed by atoms with Crippen molar-refractivity contribution in [1.29, 1.82) is 0 Å². The second-order valence-corrected chi connectivity index (χ2v) is 5.13. The fraction of sp³-hybridized carbons (Fsp3) is 0.200. The van der Waals surface area contributed by atoms with Crippen LogP contribution in [0.4, 0.5) is 0 Å². The summed E-state index contributed by atoms with van der Waals surface area (Å²) in [7, 11) is 0. The average molecular weight is 414 g/mol. The van der Waals surface area contributed by atoms with Crippen molar-refractivity contribution in [3.05, 3.63) is 95.1 Å². The zero-order chi connectivity index (χ0) is 13.8. The van der Waals surface area contributed by atoms with Gasteiger partial charge in [-0.2, -0.15) is 11.6 Å². The Labute approximate surface area is 178 Å². The first-order chi connectivity index (χ1) is 9.90. The van der Waals surface area contributed by atoms with E-state index in [-0.39, 0.29) is 58.9 Å². The molecule has 0 atom stereocenters. The second-order valence-electron chi connectivity index (χ2n) is 5.13. The molecule has 2 aromatic rings. The summed E-state index contributed by atoms with van der Waals surface area (Å²) in [5.74, 6) is 0.311. The van der Waals surface area contributed by atoms with Crippen LogP contribution in [0.25, 0.3) is 0 Å². The van der Waals surface area contributed by atoms with Crippen LogP contribution >= 0.6 is 0 Å². The van der Waals surface area contributed by atoms with Gasteiger partial charge in [-0.25, -0.2) is 5.57 Å². The van der Waals surface area contributed by atoms with Crippen LogP contribution in [0, 0.1) is 6.08 Å². The van der Waals surface area contributed by atoms with Gasteiger partial charge >= 0.3 is 21.7 Å². The predicted molar refractivity (Wildman–Crippen MR) is 84.5 cm³/mol. The summed E-state index contributed by atoms with van der Waals surface area (Å²) in [6, 6.07) is 21.5. The maximum absolute atomic E-state index is 3.58. The molecular weight excluding hydrogens is 394 g/mol. The standard InChI is InChI=1S/C20H19.3ClH.Ti/c1-2-16-14-9-15-19(16)20(17-10-5-3-6-11-17)18-12-7-4-8-13-18;;;;/h3-8,10-14,20H,2,9H2,1H3;3*1H;/q-1;;;;+4/p-3. The second kappa shape index (κ2) is 12.8. The summed E-state index contributed by atoms with van der Waals surface area (Å²) < 4.78 is 0. The molecule has 0 nitrogen and oxygen atoms in total. The molecule has 4 heteroatoms. The van der Waals surface area contributed by atoms with Crippen LogP contribution in [0.5, 0.6) is 0 Å². The first kappa shape index (κ1) is 25.7. The molecule has 2 aromatic carbocycles. The Hall–Kier alpha value is -0.496. The molecule has 0 unspecified atom stereocenters. The van der Waals surface area contributed by atoms with Crippen LogP contribution in [-0.4, -0.2) is 0 Å². The number of allylic oxidation sites excluding steroid dienone is 4. The van der Waals surface area contributed by atoms with E-state index in [1.54, 1.807) is 0 Å². The molecule has 1 aliphatic rings. The summed E-state index contributed by atoms with van der Waals surface area (Å²) in [4.78, 5) is 0. The van der Waals surface area contributed by atoms with Crippen LogP contribution in [0.3, 0.4) is 0 Å². The Morgan fingerprint density at radius 2 is 1.29 bits per heavy atom. The summed E-state index contributed by atoms with van der Waals surface area (Å²) >= 11 is 0. The third-order valence-electron chi connectivity index (χ3n) is 3.92. The van der Waals surface area contributed by atoms with Crippen LogP contribution in [-0.2, 0) is 21.7 Å². The number of benzene rings is 2. The molecule has 0 aromatic heterocycles. The molecule has 0 heterocycles. The van der Waals surface area contributed by atoms with Crippen molar-refractivity contribution in [3.8, 4) is 0 Å². The van der Waals surface area contributed by atoms with E-state index in [1.165, 1.54) is 22.3 Å². The monoisotopic (exact) mass is 412 g/mol. The number of hydrogen-bond acceptors (Lipinski definition) is 0. The van der Waals surface area contributed by atoms with Gasteiger partial charge in [0.2, 0.25) is 0 Å². The van der Waals surface area contributed by atoms with E-state index in [4.69, 9.17) is 0 Å². The molecule has 0 amide bonds. The van der Waals surface area contributed by atoms with Gasteiger partial charge in [0.1, 0.15) is 0 Å². The minimum atomic E-state index is 0. The van der Waals surface area contributed by atoms with Gasteiger partial charge in [0.25, 0.3) is 0 Å². The molecule has 24 heavy (non-hydrogen) atoms. The molecule has 124 valence electrons. The average Bonchev–Trinajstić information content (AvgIpc) is 2.98. The van der Waals surface area contributed by atoms with Gasteiger partial charge < -0.3 is 37.2 Å². The van der Waals surface area contributed by atoms with Crippen molar-refractivity contribution in [2.24, 2.45) is 0 Å². The van der Waals surface area contributed by atoms with Gasteiger partial charge in [0.15, 0.2) is 0 Å². The van der Waals surface area contributed by atoms with Crippen molar-refractivity contribution in [2.75, 3.05) is 0 Å². The summed E-state index contributed by atoms with van der Waals surface area (Å²) in [5.41, 5.74) is 5.51. The molecular formula is C20H19Cl3Ti. The molecule has 0 radical (unpaired) electrons. The molecule has 3 rings (SSSR count). The zero-order valence-corrected chi connectivity index (χ0v) is 17.3. The third kappa shape index (κ3) is 5.79. The maximum Gasteiger partial charge on any atom is 4.00 e. The first-order valence-electron chi connectivity index (χ1n) is 7.30. The van der Waals surface area contributed by atoms with Crippen LogP contribution in [0.1, 0.15) is 36.8 Å². The Balaban J connectivity index is 0. The molecule has 0 bridgehead atoms. The quantitative estimate of drug-likeness (QED) is 0.358. The SMILES string of the molecule is CCC1=CC[C-]=C1C(c1ccccc1)c1ccccc1.[Cl-].[Cl-].[Cl-].[Ti+4]. The summed E-state index contributed by atoms with van der Waals surface area (Å²) in [6.45, 7) is 2.23. The van der Waals surface area contributed by atoms with Gasteiger partial charge in [-0.05, 0) is 11.1 Å². The van der Waals surface area contributed by atoms with Crippen molar-refractivity contribution in [1.82, 2.24) is 0 Å². The normalized spacial score (nSPS) is 11.9. The molecule has 0 saturated carbocycles. The van der Waals surface area contributed by atoms with E-state index in [1.807, 2.05) is 0 Å². The van der Waals surface area contributed by atoms with E-state index in [9.17, 15) is 0 Å². The van der Waals surface area contributed by atoms with Gasteiger partial charge in [0.05, 0.1) is 0 Å². The molecule has 0 saturated heterocycles. The van der Waals surface area contributed by atoms with Gasteiger partial charge in [0, 0.05) is 5.92 Å². The Kier molecular flexibility index (Phi) is 13.7. The van der Waals surface area contributed by atoms with Gasteiger partial charge in [-0.1, -0.05) is 74.0 Å². The molecule has 0 aliphatic heterocycles. The van der Waals surface area contributed by atoms with Crippen LogP contribution in [0.15, 0.2) is 77.9 Å². The number of halogens is 3. The van der Waals surface area contributed by atoms with Crippen molar-refractivity contribution in [2.45, 2.75) is 25.7 Å². The Bertz CT molecular complexity index is 597. The first-order valence-corrected chi connectivity index (χ1v) is 7.30. The van der Waals surface area contributed by atoms with E-state index in [0.29, 0.717) is 5.92 Å². The maximum atomic E-state index is 3.58. The predicted octanol–water partition coefficient (Wildman–Crippen LogP) is -3.70. The molecule has 0 spiro atoms. The number of hydrogen-bond donors (Lipinski definition) is 0. The topological polar surface area (TPSA) is 0 Å². The van der Waals surface area contributed by atoms with Crippen molar-refractivity contribution in [3.63, 3.8) is 0 Å². The van der Waals surface area contributed by atoms with E-state index in [2.05, 4.69) is 79.7 Å². The van der Waals surface area contributed by atoms with E-state index in [0.717, 1.165) is 12.8 Å². The van der Waals surface area contributed by atoms with Crippen molar-refractivity contribution < 1.29 is 58.9 Å². The summed E-state index contributed by atoms with van der Waals surface area (Å²) in [5, 5.41) is 0. The van der Waals surface area contributed by atoms with Crippen LogP contribution in [0.2, 0.25) is 0 Å². The Morgan fingerprint density at radius 3 is 1.71 bits per heavy atom. The van der Waals surface area contributed by atoms with Gasteiger partial charge in [-0.3, -0.25) is 6.08 Å². The van der Waals surface area contributed by atoms with E-state index < -0.39 is 0 Å². The zero-order valence-electron chi connectivity index (χ0n) is 13.5. The number of rotatable bonds is 4. The summed E-state index contributed by atoms with van der Waals surface area (Å²) in [6.07, 6.45) is 7.93. The fourth-order valence-electron chi connectivity index (χ4n) is 2.95. The molecule has 1 aliphatic carbocycles. The minimum absolute atomic E-state index is 0. The third-order valence-corrected chi connectivity index (χ3v) is 3.92. The van der Waals surface area contributed by atoms with Crippen LogP contribution < -0.4 is 37.2 Å². The molecule has 0 fully saturated rings.